The number of aliphatic imine (C=N–C) groups is 1. The van der Waals surface area contributed by atoms with E-state index in [9.17, 15) is 0 Å². The van der Waals surface area contributed by atoms with Crippen LogP contribution in [0.3, 0.4) is 0 Å². The third-order valence-electron chi connectivity index (χ3n) is 2.87. The smallest absolute Gasteiger partial charge is 0.154 e. The van der Waals surface area contributed by atoms with Crippen molar-refractivity contribution >= 4 is 28.5 Å². The molecule has 0 heterocycles. The van der Waals surface area contributed by atoms with Crippen LogP contribution < -0.4 is 5.73 Å². The molecule has 0 aliphatic heterocycles. The number of amidine groups is 1. The predicted molar refractivity (Wildman–Crippen MR) is 89.3 cm³/mol. The number of nitrogens with zero attached hydrogens (tertiary/aromatic N) is 1. The molecule has 2 nitrogen and oxygen atoms in total. The monoisotopic (exact) mass is 304 g/mol. The minimum Gasteiger partial charge on any atom is -0.379 e. The van der Waals surface area contributed by atoms with Crippen molar-refractivity contribution in [3.63, 3.8) is 0 Å². The average molecular weight is 305 g/mol. The fraction of sp³-hybridized carbons (Fsp3) is 0.188. The van der Waals surface area contributed by atoms with E-state index >= 15 is 0 Å². The third-order valence-corrected chi connectivity index (χ3v) is 4.20. The first kappa shape index (κ1) is 14.9. The highest BCUT2D eigenvalue weighted by Gasteiger charge is 2.00. The number of hydrogen-bond acceptors (Lipinski definition) is 2. The van der Waals surface area contributed by atoms with Gasteiger partial charge in [0.1, 0.15) is 0 Å². The van der Waals surface area contributed by atoms with Gasteiger partial charge in [0.25, 0.3) is 0 Å². The van der Waals surface area contributed by atoms with Crippen molar-refractivity contribution in [3.8, 4) is 0 Å². The summed E-state index contributed by atoms with van der Waals surface area (Å²) in [4.78, 5) is 4.38. The Bertz CT molecular complexity index is 597. The molecule has 0 spiro atoms. The molecule has 0 radical (unpaired) electrons. The highest BCUT2D eigenvalue weighted by Crippen LogP contribution is 2.19. The molecule has 20 heavy (non-hydrogen) atoms. The number of benzene rings is 2. The summed E-state index contributed by atoms with van der Waals surface area (Å²) in [7, 11) is 0. The Hall–Kier alpha value is -1.45. The molecular formula is C16H17ClN2S. The van der Waals surface area contributed by atoms with E-state index in [1.807, 2.05) is 49.4 Å². The van der Waals surface area contributed by atoms with E-state index in [4.69, 9.17) is 17.3 Å². The lowest BCUT2D eigenvalue weighted by molar-refractivity contribution is 1.07. The van der Waals surface area contributed by atoms with Crippen molar-refractivity contribution < 1.29 is 0 Å². The molecule has 0 bridgehead atoms. The van der Waals surface area contributed by atoms with Crippen LogP contribution in [0.25, 0.3) is 0 Å². The minimum atomic E-state index is 0.612. The van der Waals surface area contributed by atoms with Gasteiger partial charge in [-0.25, -0.2) is 0 Å². The second kappa shape index (κ2) is 7.36. The molecule has 0 aliphatic rings. The van der Waals surface area contributed by atoms with Crippen molar-refractivity contribution in [2.75, 3.05) is 0 Å². The lowest BCUT2D eigenvalue weighted by Crippen LogP contribution is -2.07. The predicted octanol–water partition coefficient (Wildman–Crippen LogP) is 4.40. The summed E-state index contributed by atoms with van der Waals surface area (Å²) in [5, 5.41) is 1.41. The van der Waals surface area contributed by atoms with Gasteiger partial charge in [-0.2, -0.15) is 0 Å². The van der Waals surface area contributed by atoms with E-state index in [1.165, 1.54) is 11.1 Å². The molecule has 0 aromatic heterocycles. The molecule has 0 saturated carbocycles. The Labute approximate surface area is 129 Å². The maximum absolute atomic E-state index is 6.01. The second-order valence-corrected chi connectivity index (χ2v) is 5.92. The van der Waals surface area contributed by atoms with Gasteiger partial charge in [0.15, 0.2) is 5.17 Å². The zero-order chi connectivity index (χ0) is 14.4. The van der Waals surface area contributed by atoms with E-state index in [-0.39, 0.29) is 0 Å². The van der Waals surface area contributed by atoms with Gasteiger partial charge in [-0.1, -0.05) is 65.8 Å². The summed E-state index contributed by atoms with van der Waals surface area (Å²) < 4.78 is 0. The Morgan fingerprint density at radius 3 is 2.60 bits per heavy atom. The number of aryl methyl sites for hydroxylation is 1. The van der Waals surface area contributed by atoms with E-state index in [0.29, 0.717) is 11.7 Å². The first-order chi connectivity index (χ1) is 9.65. The highest BCUT2D eigenvalue weighted by molar-refractivity contribution is 8.13. The fourth-order valence-corrected chi connectivity index (χ4v) is 2.52. The minimum absolute atomic E-state index is 0.612. The van der Waals surface area contributed by atoms with Crippen LogP contribution in [0.4, 0.5) is 0 Å². The van der Waals surface area contributed by atoms with Crippen LogP contribution in [0.15, 0.2) is 53.5 Å². The Kier molecular flexibility index (Phi) is 5.50. The molecule has 2 rings (SSSR count). The molecule has 4 heteroatoms. The topological polar surface area (TPSA) is 38.4 Å². The number of rotatable bonds is 4. The van der Waals surface area contributed by atoms with Gasteiger partial charge in [0.05, 0.1) is 6.54 Å². The molecule has 2 aromatic rings. The average Bonchev–Trinajstić information content (AvgIpc) is 2.47. The summed E-state index contributed by atoms with van der Waals surface area (Å²) in [6, 6.07) is 16.1. The summed E-state index contributed by atoms with van der Waals surface area (Å²) in [6.07, 6.45) is 0. The van der Waals surface area contributed by atoms with E-state index < -0.39 is 0 Å². The van der Waals surface area contributed by atoms with Crippen LogP contribution >= 0.6 is 23.4 Å². The third kappa shape index (κ3) is 4.58. The molecule has 0 amide bonds. The van der Waals surface area contributed by atoms with Crippen molar-refractivity contribution in [1.29, 1.82) is 0 Å². The summed E-state index contributed by atoms with van der Waals surface area (Å²) in [5.41, 5.74) is 9.38. The highest BCUT2D eigenvalue weighted by atomic mass is 35.5. The molecule has 0 unspecified atom stereocenters. The SMILES string of the molecule is Cc1cc(CSC(N)=NCc2ccccc2)ccc1Cl. The maximum Gasteiger partial charge on any atom is 0.154 e. The lowest BCUT2D eigenvalue weighted by atomic mass is 10.2. The Balaban J connectivity index is 1.88. The van der Waals surface area contributed by atoms with Gasteiger partial charge in [0.2, 0.25) is 0 Å². The standard InChI is InChI=1S/C16H17ClN2S/c1-12-9-14(7-8-15(12)17)11-20-16(18)19-10-13-5-3-2-4-6-13/h2-9H,10-11H2,1H3,(H2,18,19). The second-order valence-electron chi connectivity index (χ2n) is 4.51. The molecule has 0 fully saturated rings. The van der Waals surface area contributed by atoms with Crippen LogP contribution in [-0.4, -0.2) is 5.17 Å². The fourth-order valence-electron chi connectivity index (χ4n) is 1.75. The normalized spacial score (nSPS) is 11.6. The van der Waals surface area contributed by atoms with Crippen molar-refractivity contribution in [2.24, 2.45) is 10.7 Å². The number of hydrogen-bond donors (Lipinski definition) is 1. The number of thioether (sulfide) groups is 1. The van der Waals surface area contributed by atoms with Crippen LogP contribution in [-0.2, 0) is 12.3 Å². The quantitative estimate of drug-likeness (QED) is 0.672. The first-order valence-corrected chi connectivity index (χ1v) is 7.73. The number of halogens is 1. The Morgan fingerprint density at radius 1 is 1.15 bits per heavy atom. The molecule has 0 aliphatic carbocycles. The van der Waals surface area contributed by atoms with Crippen molar-refractivity contribution in [3.05, 3.63) is 70.2 Å². The van der Waals surface area contributed by atoms with Crippen molar-refractivity contribution in [2.45, 2.75) is 19.2 Å². The van der Waals surface area contributed by atoms with Gasteiger partial charge in [-0.05, 0) is 29.7 Å². The first-order valence-electron chi connectivity index (χ1n) is 6.37. The molecular weight excluding hydrogens is 288 g/mol. The molecule has 2 N–H and O–H groups in total. The largest absolute Gasteiger partial charge is 0.379 e. The molecule has 2 aromatic carbocycles. The zero-order valence-corrected chi connectivity index (χ0v) is 12.9. The van der Waals surface area contributed by atoms with Gasteiger partial charge in [-0.15, -0.1) is 0 Å². The molecule has 0 saturated heterocycles. The Morgan fingerprint density at radius 2 is 1.90 bits per heavy atom. The van der Waals surface area contributed by atoms with Gasteiger partial charge in [-0.3, -0.25) is 4.99 Å². The van der Waals surface area contributed by atoms with E-state index in [1.54, 1.807) is 11.8 Å². The van der Waals surface area contributed by atoms with Crippen LogP contribution in [0.1, 0.15) is 16.7 Å². The van der Waals surface area contributed by atoms with Crippen molar-refractivity contribution in [1.82, 2.24) is 0 Å². The van der Waals surface area contributed by atoms with Crippen LogP contribution in [0, 0.1) is 6.92 Å². The molecule has 104 valence electrons. The lowest BCUT2D eigenvalue weighted by Gasteiger charge is -2.04. The molecule has 0 atom stereocenters. The van der Waals surface area contributed by atoms with Gasteiger partial charge >= 0.3 is 0 Å². The summed E-state index contributed by atoms with van der Waals surface area (Å²) in [5.74, 6) is 0.808. The summed E-state index contributed by atoms with van der Waals surface area (Å²) in [6.45, 7) is 2.63. The van der Waals surface area contributed by atoms with Crippen LogP contribution in [0.5, 0.6) is 0 Å². The van der Waals surface area contributed by atoms with E-state index in [2.05, 4.69) is 11.1 Å². The maximum atomic E-state index is 6.01. The van der Waals surface area contributed by atoms with Crippen LogP contribution in [0.2, 0.25) is 5.02 Å². The van der Waals surface area contributed by atoms with Gasteiger partial charge < -0.3 is 5.73 Å². The van der Waals surface area contributed by atoms with Gasteiger partial charge in [0, 0.05) is 10.8 Å². The number of nitrogens with two attached hydrogens (primary N) is 1. The van der Waals surface area contributed by atoms with E-state index in [0.717, 1.165) is 16.3 Å². The zero-order valence-electron chi connectivity index (χ0n) is 11.3. The summed E-state index contributed by atoms with van der Waals surface area (Å²) >= 11 is 7.55.